The van der Waals surface area contributed by atoms with Crippen LogP contribution in [0.15, 0.2) is 0 Å². The average Bonchev–Trinajstić information content (AvgIpc) is 2.30. The van der Waals surface area contributed by atoms with Crippen LogP contribution < -0.4 is 5.32 Å². The van der Waals surface area contributed by atoms with Crippen molar-refractivity contribution in [2.24, 2.45) is 5.41 Å². The molecule has 3 nitrogen and oxygen atoms in total. The van der Waals surface area contributed by atoms with Gasteiger partial charge in [-0.15, -0.1) is 0 Å². The van der Waals surface area contributed by atoms with Gasteiger partial charge in [-0.3, -0.25) is 0 Å². The van der Waals surface area contributed by atoms with Crippen LogP contribution in [0.5, 0.6) is 0 Å². The summed E-state index contributed by atoms with van der Waals surface area (Å²) in [7, 11) is 0. The first kappa shape index (κ1) is 9.44. The Kier molecular flexibility index (Phi) is 2.86. The first-order valence-electron chi connectivity index (χ1n) is 5.29. The molecule has 2 aliphatic heterocycles. The zero-order valence-corrected chi connectivity index (χ0v) is 8.51. The molecule has 0 amide bonds. The molecule has 0 radical (unpaired) electrons. The van der Waals surface area contributed by atoms with E-state index in [1.54, 1.807) is 0 Å². The summed E-state index contributed by atoms with van der Waals surface area (Å²) in [4.78, 5) is 2.57. The largest absolute Gasteiger partial charge is 0.380 e. The van der Waals surface area contributed by atoms with Crippen LogP contribution in [0.3, 0.4) is 0 Å². The third-order valence-electron chi connectivity index (χ3n) is 2.94. The summed E-state index contributed by atoms with van der Waals surface area (Å²) in [5.41, 5.74) is 0.449. The first-order valence-corrected chi connectivity index (χ1v) is 5.29. The van der Waals surface area contributed by atoms with Crippen molar-refractivity contribution >= 4 is 0 Å². The molecule has 2 heterocycles. The molecule has 2 rings (SSSR count). The summed E-state index contributed by atoms with van der Waals surface area (Å²) in [5, 5.41) is 3.43. The topological polar surface area (TPSA) is 24.5 Å². The number of hydrogen-bond donors (Lipinski definition) is 1. The van der Waals surface area contributed by atoms with E-state index in [1.807, 2.05) is 0 Å². The standard InChI is InChI=1S/C10H20N2O/c1-10(8-13-9-10)7-12-5-2-3-11-4-6-12/h11H,2-9H2,1H3. The van der Waals surface area contributed by atoms with Crippen molar-refractivity contribution < 1.29 is 4.74 Å². The highest BCUT2D eigenvalue weighted by atomic mass is 16.5. The van der Waals surface area contributed by atoms with E-state index >= 15 is 0 Å². The predicted octanol–water partition coefficient (Wildman–Crippen LogP) is 0.318. The van der Waals surface area contributed by atoms with Crippen LogP contribution in [-0.2, 0) is 4.74 Å². The molecule has 2 fully saturated rings. The van der Waals surface area contributed by atoms with Crippen LogP contribution in [0.25, 0.3) is 0 Å². The van der Waals surface area contributed by atoms with E-state index in [-0.39, 0.29) is 0 Å². The van der Waals surface area contributed by atoms with Crippen molar-refractivity contribution in [3.63, 3.8) is 0 Å². The van der Waals surface area contributed by atoms with E-state index in [1.165, 1.54) is 32.6 Å². The molecule has 0 aromatic carbocycles. The normalized spacial score (nSPS) is 29.3. The zero-order chi connectivity index (χ0) is 9.15. The fourth-order valence-corrected chi connectivity index (χ4v) is 2.14. The minimum atomic E-state index is 0.449. The molecule has 0 spiro atoms. The maximum atomic E-state index is 5.27. The van der Waals surface area contributed by atoms with Gasteiger partial charge in [0.2, 0.25) is 0 Å². The Morgan fingerprint density at radius 3 is 2.85 bits per heavy atom. The second-order valence-electron chi connectivity index (χ2n) is 4.68. The lowest BCUT2D eigenvalue weighted by molar-refractivity contribution is -0.114. The third-order valence-corrected chi connectivity index (χ3v) is 2.94. The van der Waals surface area contributed by atoms with Gasteiger partial charge in [-0.2, -0.15) is 0 Å². The van der Waals surface area contributed by atoms with Crippen LogP contribution in [-0.4, -0.2) is 50.8 Å². The molecule has 3 heteroatoms. The minimum Gasteiger partial charge on any atom is -0.380 e. The molecule has 0 atom stereocenters. The minimum absolute atomic E-state index is 0.449. The van der Waals surface area contributed by atoms with Crippen LogP contribution in [0, 0.1) is 5.41 Å². The van der Waals surface area contributed by atoms with E-state index in [9.17, 15) is 0 Å². The van der Waals surface area contributed by atoms with Gasteiger partial charge in [-0.05, 0) is 19.5 Å². The van der Waals surface area contributed by atoms with E-state index in [0.717, 1.165) is 19.8 Å². The van der Waals surface area contributed by atoms with Gasteiger partial charge >= 0.3 is 0 Å². The van der Waals surface area contributed by atoms with Crippen molar-refractivity contribution in [1.29, 1.82) is 0 Å². The number of nitrogens with one attached hydrogen (secondary N) is 1. The SMILES string of the molecule is CC1(CN2CCCNCC2)COC1. The second-order valence-corrected chi connectivity index (χ2v) is 4.68. The van der Waals surface area contributed by atoms with Crippen molar-refractivity contribution in [3.8, 4) is 0 Å². The number of hydrogen-bond acceptors (Lipinski definition) is 3. The van der Waals surface area contributed by atoms with E-state index in [0.29, 0.717) is 5.41 Å². The van der Waals surface area contributed by atoms with E-state index in [4.69, 9.17) is 4.74 Å². The molecule has 2 saturated heterocycles. The Labute approximate surface area is 80.4 Å². The molecule has 0 aliphatic carbocycles. The van der Waals surface area contributed by atoms with Crippen molar-refractivity contribution in [1.82, 2.24) is 10.2 Å². The quantitative estimate of drug-likeness (QED) is 0.669. The Balaban J connectivity index is 1.78. The van der Waals surface area contributed by atoms with Gasteiger partial charge in [0, 0.05) is 25.0 Å². The maximum Gasteiger partial charge on any atom is 0.0554 e. The molecule has 0 unspecified atom stereocenters. The molecular weight excluding hydrogens is 164 g/mol. The predicted molar refractivity (Wildman–Crippen MR) is 52.9 cm³/mol. The molecule has 0 bridgehead atoms. The van der Waals surface area contributed by atoms with Gasteiger partial charge < -0.3 is 15.0 Å². The summed E-state index contributed by atoms with van der Waals surface area (Å²) in [6.45, 7) is 10.2. The van der Waals surface area contributed by atoms with Crippen LogP contribution in [0.1, 0.15) is 13.3 Å². The van der Waals surface area contributed by atoms with Crippen molar-refractivity contribution in [2.45, 2.75) is 13.3 Å². The molecule has 2 aliphatic rings. The Bertz CT molecular complexity index is 160. The molecule has 0 aromatic rings. The molecule has 0 saturated carbocycles. The number of nitrogens with zero attached hydrogens (tertiary/aromatic N) is 1. The molecule has 1 N–H and O–H groups in total. The van der Waals surface area contributed by atoms with Crippen LogP contribution >= 0.6 is 0 Å². The Morgan fingerprint density at radius 1 is 1.31 bits per heavy atom. The first-order chi connectivity index (χ1) is 6.29. The summed E-state index contributed by atoms with van der Waals surface area (Å²) in [6.07, 6.45) is 1.29. The van der Waals surface area contributed by atoms with Crippen molar-refractivity contribution in [3.05, 3.63) is 0 Å². The molecular formula is C10H20N2O. The lowest BCUT2D eigenvalue weighted by atomic mass is 9.88. The highest BCUT2D eigenvalue weighted by Crippen LogP contribution is 2.27. The molecule has 13 heavy (non-hydrogen) atoms. The monoisotopic (exact) mass is 184 g/mol. The third kappa shape index (κ3) is 2.42. The van der Waals surface area contributed by atoms with Gasteiger partial charge in [-0.25, -0.2) is 0 Å². The summed E-state index contributed by atoms with van der Waals surface area (Å²) in [5.74, 6) is 0. The van der Waals surface area contributed by atoms with E-state index in [2.05, 4.69) is 17.1 Å². The van der Waals surface area contributed by atoms with Gasteiger partial charge in [0.15, 0.2) is 0 Å². The maximum absolute atomic E-state index is 5.27. The van der Waals surface area contributed by atoms with Gasteiger partial charge in [-0.1, -0.05) is 6.92 Å². The Hall–Kier alpha value is -0.120. The van der Waals surface area contributed by atoms with Crippen molar-refractivity contribution in [2.75, 3.05) is 45.9 Å². The highest BCUT2D eigenvalue weighted by Gasteiger charge is 2.34. The number of rotatable bonds is 2. The van der Waals surface area contributed by atoms with Crippen LogP contribution in [0.4, 0.5) is 0 Å². The molecule has 76 valence electrons. The van der Waals surface area contributed by atoms with Gasteiger partial charge in [0.05, 0.1) is 13.2 Å². The summed E-state index contributed by atoms with van der Waals surface area (Å²) < 4.78 is 5.27. The van der Waals surface area contributed by atoms with Crippen LogP contribution in [0.2, 0.25) is 0 Å². The van der Waals surface area contributed by atoms with Gasteiger partial charge in [0.25, 0.3) is 0 Å². The lowest BCUT2D eigenvalue weighted by Gasteiger charge is -2.41. The van der Waals surface area contributed by atoms with E-state index < -0.39 is 0 Å². The number of ether oxygens (including phenoxy) is 1. The summed E-state index contributed by atoms with van der Waals surface area (Å²) in [6, 6.07) is 0. The lowest BCUT2D eigenvalue weighted by Crippen LogP contribution is -2.49. The highest BCUT2D eigenvalue weighted by molar-refractivity contribution is 4.85. The molecule has 0 aromatic heterocycles. The zero-order valence-electron chi connectivity index (χ0n) is 8.51. The Morgan fingerprint density at radius 2 is 2.15 bits per heavy atom. The smallest absolute Gasteiger partial charge is 0.0554 e. The van der Waals surface area contributed by atoms with Gasteiger partial charge in [0.1, 0.15) is 0 Å². The second kappa shape index (κ2) is 3.95. The fraction of sp³-hybridized carbons (Fsp3) is 1.00. The average molecular weight is 184 g/mol. The fourth-order valence-electron chi connectivity index (χ4n) is 2.14. The summed E-state index contributed by atoms with van der Waals surface area (Å²) >= 11 is 0.